The minimum absolute atomic E-state index is 0.162. The average molecular weight is 613 g/mol. The first kappa shape index (κ1) is 36.3. The van der Waals surface area contributed by atoms with E-state index in [4.69, 9.17) is 14.2 Å². The van der Waals surface area contributed by atoms with Crippen molar-refractivity contribution in [3.63, 3.8) is 0 Å². The Labute approximate surface area is 273 Å². The maximum atomic E-state index is 12.5. The SMILES string of the molecule is CCCCCCCC/C=C\CCCCCCCC(=O)OCC(COC(c1ccccc1)(c1ccccc1)c1ccccc1)OC. The van der Waals surface area contributed by atoms with Gasteiger partial charge >= 0.3 is 5.97 Å². The molecule has 0 aromatic heterocycles. The molecular weight excluding hydrogens is 556 g/mol. The predicted octanol–water partition coefficient (Wildman–Crippen LogP) is 10.6. The smallest absolute Gasteiger partial charge is 0.305 e. The van der Waals surface area contributed by atoms with Crippen LogP contribution in [0, 0.1) is 0 Å². The third-order valence-electron chi connectivity index (χ3n) is 8.43. The molecule has 1 unspecified atom stereocenters. The second kappa shape index (κ2) is 22.3. The molecule has 0 amide bonds. The van der Waals surface area contributed by atoms with Gasteiger partial charge in [-0.05, 0) is 48.8 Å². The van der Waals surface area contributed by atoms with Crippen LogP contribution in [-0.4, -0.2) is 32.4 Å². The molecule has 4 heteroatoms. The number of carbonyl (C=O) groups is 1. The lowest BCUT2D eigenvalue weighted by Gasteiger charge is -2.37. The monoisotopic (exact) mass is 612 g/mol. The van der Waals surface area contributed by atoms with E-state index in [1.54, 1.807) is 7.11 Å². The van der Waals surface area contributed by atoms with Crippen molar-refractivity contribution in [1.82, 2.24) is 0 Å². The first-order valence-electron chi connectivity index (χ1n) is 17.3. The van der Waals surface area contributed by atoms with Crippen molar-refractivity contribution in [3.05, 3.63) is 120 Å². The highest BCUT2D eigenvalue weighted by atomic mass is 16.6. The number of methoxy groups -OCH3 is 1. The Morgan fingerprint density at radius 1 is 0.622 bits per heavy atom. The largest absolute Gasteiger partial charge is 0.463 e. The zero-order valence-corrected chi connectivity index (χ0v) is 27.8. The molecule has 0 fully saturated rings. The van der Waals surface area contributed by atoms with Crippen LogP contribution in [0.2, 0.25) is 0 Å². The number of hydrogen-bond donors (Lipinski definition) is 0. The van der Waals surface area contributed by atoms with E-state index in [-0.39, 0.29) is 19.2 Å². The first-order valence-corrected chi connectivity index (χ1v) is 17.3. The fraction of sp³-hybridized carbons (Fsp3) is 0.488. The van der Waals surface area contributed by atoms with Gasteiger partial charge in [0.05, 0.1) is 6.61 Å². The van der Waals surface area contributed by atoms with E-state index < -0.39 is 11.7 Å². The number of rotatable bonds is 24. The van der Waals surface area contributed by atoms with Crippen LogP contribution in [0.25, 0.3) is 0 Å². The molecule has 244 valence electrons. The Bertz CT molecular complexity index is 1080. The van der Waals surface area contributed by atoms with Gasteiger partial charge in [0.25, 0.3) is 0 Å². The molecule has 0 bridgehead atoms. The standard InChI is InChI=1S/C41H56O4/c1-3-4-5-6-7-8-9-10-11-12-13-14-15-16-26-33-40(42)44-34-39(43-2)35-45-41(36-27-20-17-21-28-36,37-29-22-18-23-30-37)38-31-24-19-25-32-38/h10-11,17-25,27-32,39H,3-9,12-16,26,33-35H2,1-2H3/b11-10-. The molecule has 0 radical (unpaired) electrons. The Morgan fingerprint density at radius 2 is 1.07 bits per heavy atom. The predicted molar refractivity (Wildman–Crippen MR) is 186 cm³/mol. The summed E-state index contributed by atoms with van der Waals surface area (Å²) in [7, 11) is 1.64. The zero-order valence-electron chi connectivity index (χ0n) is 27.8. The first-order chi connectivity index (χ1) is 22.2. The fourth-order valence-electron chi connectivity index (χ4n) is 5.77. The quantitative estimate of drug-likeness (QED) is 0.0437. The summed E-state index contributed by atoms with van der Waals surface area (Å²) in [4.78, 5) is 12.5. The normalized spacial score (nSPS) is 12.4. The van der Waals surface area contributed by atoms with Crippen molar-refractivity contribution in [2.45, 2.75) is 109 Å². The molecule has 0 saturated carbocycles. The molecule has 0 aliphatic carbocycles. The number of esters is 1. The lowest BCUT2D eigenvalue weighted by Crippen LogP contribution is -2.37. The summed E-state index contributed by atoms with van der Waals surface area (Å²) in [6.07, 6.45) is 20.8. The fourth-order valence-corrected chi connectivity index (χ4v) is 5.77. The highest BCUT2D eigenvalue weighted by Crippen LogP contribution is 2.40. The van der Waals surface area contributed by atoms with Crippen LogP contribution in [0.3, 0.4) is 0 Å². The second-order valence-corrected chi connectivity index (χ2v) is 12.0. The number of ether oxygens (including phenoxy) is 3. The molecule has 3 rings (SSSR count). The van der Waals surface area contributed by atoms with Crippen LogP contribution >= 0.6 is 0 Å². The van der Waals surface area contributed by atoms with Gasteiger partial charge in [0.15, 0.2) is 0 Å². The van der Waals surface area contributed by atoms with Gasteiger partial charge in [0.2, 0.25) is 0 Å². The Balaban J connectivity index is 1.40. The van der Waals surface area contributed by atoms with Crippen molar-refractivity contribution in [3.8, 4) is 0 Å². The molecular formula is C41H56O4. The number of allylic oxidation sites excluding steroid dienone is 2. The Morgan fingerprint density at radius 3 is 1.53 bits per heavy atom. The van der Waals surface area contributed by atoms with E-state index in [0.29, 0.717) is 6.42 Å². The molecule has 0 heterocycles. The van der Waals surface area contributed by atoms with E-state index in [9.17, 15) is 4.79 Å². The highest BCUT2D eigenvalue weighted by Gasteiger charge is 2.38. The number of carbonyl (C=O) groups excluding carboxylic acids is 1. The van der Waals surface area contributed by atoms with Crippen molar-refractivity contribution < 1.29 is 19.0 Å². The van der Waals surface area contributed by atoms with Gasteiger partial charge in [0, 0.05) is 13.5 Å². The van der Waals surface area contributed by atoms with Gasteiger partial charge in [-0.1, -0.05) is 161 Å². The van der Waals surface area contributed by atoms with Crippen molar-refractivity contribution in [1.29, 1.82) is 0 Å². The molecule has 4 nitrogen and oxygen atoms in total. The molecule has 0 saturated heterocycles. The van der Waals surface area contributed by atoms with Crippen LogP contribution in [0.4, 0.5) is 0 Å². The molecule has 3 aromatic rings. The summed E-state index contributed by atoms with van der Waals surface area (Å²) in [5.74, 6) is -0.171. The number of hydrogen-bond acceptors (Lipinski definition) is 4. The molecule has 0 spiro atoms. The van der Waals surface area contributed by atoms with Crippen molar-refractivity contribution >= 4 is 5.97 Å². The van der Waals surface area contributed by atoms with Crippen LogP contribution in [0.1, 0.15) is 114 Å². The lowest BCUT2D eigenvalue weighted by atomic mass is 9.80. The van der Waals surface area contributed by atoms with E-state index in [1.807, 2.05) is 54.6 Å². The third kappa shape index (κ3) is 13.0. The summed E-state index contributed by atoms with van der Waals surface area (Å²) >= 11 is 0. The van der Waals surface area contributed by atoms with Gasteiger partial charge in [-0.2, -0.15) is 0 Å². The summed E-state index contributed by atoms with van der Waals surface area (Å²) in [5, 5.41) is 0. The molecule has 45 heavy (non-hydrogen) atoms. The molecule has 0 aliphatic rings. The molecule has 0 aliphatic heterocycles. The topological polar surface area (TPSA) is 44.8 Å². The maximum Gasteiger partial charge on any atom is 0.305 e. The zero-order chi connectivity index (χ0) is 31.8. The highest BCUT2D eigenvalue weighted by molar-refractivity contribution is 5.69. The Kier molecular flexibility index (Phi) is 18.0. The van der Waals surface area contributed by atoms with Crippen LogP contribution in [0.5, 0.6) is 0 Å². The molecule has 3 aromatic carbocycles. The summed E-state index contributed by atoms with van der Waals surface area (Å²) in [6.45, 7) is 2.69. The second-order valence-electron chi connectivity index (χ2n) is 12.0. The van der Waals surface area contributed by atoms with Gasteiger partial charge < -0.3 is 14.2 Å². The summed E-state index contributed by atoms with van der Waals surface area (Å²) in [6, 6.07) is 30.8. The number of benzene rings is 3. The average Bonchev–Trinajstić information content (AvgIpc) is 3.09. The Hall–Kier alpha value is -3.21. The molecule has 0 N–H and O–H groups in total. The molecule has 1 atom stereocenters. The van der Waals surface area contributed by atoms with Gasteiger partial charge in [0.1, 0.15) is 18.3 Å². The van der Waals surface area contributed by atoms with Crippen molar-refractivity contribution in [2.24, 2.45) is 0 Å². The lowest BCUT2D eigenvalue weighted by molar-refractivity contribution is -0.150. The van der Waals surface area contributed by atoms with Gasteiger partial charge in [-0.3, -0.25) is 4.79 Å². The van der Waals surface area contributed by atoms with Crippen LogP contribution in [-0.2, 0) is 24.6 Å². The van der Waals surface area contributed by atoms with Gasteiger partial charge in [-0.15, -0.1) is 0 Å². The number of unbranched alkanes of at least 4 members (excludes halogenated alkanes) is 11. The van der Waals surface area contributed by atoms with Crippen LogP contribution < -0.4 is 0 Å². The van der Waals surface area contributed by atoms with Gasteiger partial charge in [-0.25, -0.2) is 0 Å². The maximum absolute atomic E-state index is 12.5. The van der Waals surface area contributed by atoms with Crippen LogP contribution in [0.15, 0.2) is 103 Å². The van der Waals surface area contributed by atoms with E-state index in [1.165, 1.54) is 64.2 Å². The van der Waals surface area contributed by atoms with Crippen molar-refractivity contribution in [2.75, 3.05) is 20.3 Å². The van der Waals surface area contributed by atoms with E-state index in [2.05, 4.69) is 55.5 Å². The van der Waals surface area contributed by atoms with E-state index in [0.717, 1.165) is 36.0 Å². The summed E-state index contributed by atoms with van der Waals surface area (Å²) in [5.41, 5.74) is 2.24. The minimum atomic E-state index is -0.839. The summed E-state index contributed by atoms with van der Waals surface area (Å²) < 4.78 is 18.2. The minimum Gasteiger partial charge on any atom is -0.463 e. The van der Waals surface area contributed by atoms with E-state index >= 15 is 0 Å². The third-order valence-corrected chi connectivity index (χ3v) is 8.43.